The zero-order chi connectivity index (χ0) is 15.4. The topological polar surface area (TPSA) is 38.3 Å². The number of nitrogens with one attached hydrogen (secondary N) is 1. The molecule has 2 rings (SSSR count). The second-order valence-corrected chi connectivity index (χ2v) is 5.96. The first-order valence-electron chi connectivity index (χ1n) is 6.38. The van der Waals surface area contributed by atoms with Gasteiger partial charge in [0.1, 0.15) is 5.75 Å². The van der Waals surface area contributed by atoms with Crippen molar-refractivity contribution in [3.8, 4) is 5.75 Å². The molecule has 5 heteroatoms. The third-order valence-electron chi connectivity index (χ3n) is 3.08. The standard InChI is InChI=1S/C16H15BrClNO2/c1-10-7-12(17)8-14(21-2)15(10)16(20)19-9-11-3-5-13(18)6-4-11/h3-8H,9H2,1-2H3,(H,19,20). The van der Waals surface area contributed by atoms with Gasteiger partial charge in [-0.1, -0.05) is 39.7 Å². The number of benzene rings is 2. The first-order valence-corrected chi connectivity index (χ1v) is 7.55. The zero-order valence-corrected chi connectivity index (χ0v) is 14.1. The van der Waals surface area contributed by atoms with E-state index < -0.39 is 0 Å². The average Bonchev–Trinajstić information content (AvgIpc) is 2.45. The van der Waals surface area contributed by atoms with Crippen LogP contribution < -0.4 is 10.1 Å². The van der Waals surface area contributed by atoms with Crippen molar-refractivity contribution in [3.63, 3.8) is 0 Å². The lowest BCUT2D eigenvalue weighted by atomic mass is 10.1. The predicted octanol–water partition coefficient (Wildman–Crippen LogP) is 4.35. The van der Waals surface area contributed by atoms with E-state index in [2.05, 4.69) is 21.2 Å². The molecule has 0 unspecified atom stereocenters. The fourth-order valence-corrected chi connectivity index (χ4v) is 2.71. The lowest BCUT2D eigenvalue weighted by molar-refractivity contribution is 0.0947. The molecule has 0 aliphatic carbocycles. The van der Waals surface area contributed by atoms with Gasteiger partial charge in [0.2, 0.25) is 0 Å². The van der Waals surface area contributed by atoms with E-state index in [1.165, 1.54) is 0 Å². The van der Waals surface area contributed by atoms with Gasteiger partial charge in [-0.25, -0.2) is 0 Å². The zero-order valence-electron chi connectivity index (χ0n) is 11.7. The minimum Gasteiger partial charge on any atom is -0.496 e. The summed E-state index contributed by atoms with van der Waals surface area (Å²) in [5.74, 6) is 0.391. The summed E-state index contributed by atoms with van der Waals surface area (Å²) in [6.45, 7) is 2.32. The van der Waals surface area contributed by atoms with Gasteiger partial charge in [0.25, 0.3) is 5.91 Å². The second-order valence-electron chi connectivity index (χ2n) is 4.61. The Morgan fingerprint density at radius 2 is 1.95 bits per heavy atom. The number of carbonyl (C=O) groups is 1. The molecule has 2 aromatic rings. The van der Waals surface area contributed by atoms with Crippen molar-refractivity contribution in [1.29, 1.82) is 0 Å². The van der Waals surface area contributed by atoms with Crippen molar-refractivity contribution < 1.29 is 9.53 Å². The Hall–Kier alpha value is -1.52. The summed E-state index contributed by atoms with van der Waals surface area (Å²) < 4.78 is 6.17. The quantitative estimate of drug-likeness (QED) is 0.871. The number of amides is 1. The Balaban J connectivity index is 2.15. The number of rotatable bonds is 4. The number of aryl methyl sites for hydroxylation is 1. The van der Waals surface area contributed by atoms with Gasteiger partial charge < -0.3 is 10.1 Å². The molecule has 0 aromatic heterocycles. The minimum absolute atomic E-state index is 0.160. The Bertz CT molecular complexity index is 656. The van der Waals surface area contributed by atoms with Crippen LogP contribution in [0.1, 0.15) is 21.5 Å². The van der Waals surface area contributed by atoms with Crippen LogP contribution >= 0.6 is 27.5 Å². The molecule has 0 saturated carbocycles. The molecule has 0 atom stereocenters. The van der Waals surface area contributed by atoms with Crippen LogP contribution in [0.4, 0.5) is 0 Å². The molecule has 0 aliphatic rings. The fraction of sp³-hybridized carbons (Fsp3) is 0.188. The summed E-state index contributed by atoms with van der Waals surface area (Å²) in [6.07, 6.45) is 0. The summed E-state index contributed by atoms with van der Waals surface area (Å²) in [5.41, 5.74) is 2.39. The molecule has 1 amide bonds. The highest BCUT2D eigenvalue weighted by atomic mass is 79.9. The maximum Gasteiger partial charge on any atom is 0.255 e. The van der Waals surface area contributed by atoms with Crippen LogP contribution in [-0.2, 0) is 6.54 Å². The van der Waals surface area contributed by atoms with Crippen molar-refractivity contribution in [3.05, 3.63) is 62.6 Å². The van der Waals surface area contributed by atoms with E-state index in [1.807, 2.05) is 25.1 Å². The molecule has 110 valence electrons. The van der Waals surface area contributed by atoms with E-state index in [1.54, 1.807) is 25.3 Å². The molecule has 0 saturated heterocycles. The summed E-state index contributed by atoms with van der Waals surface area (Å²) in [5, 5.41) is 3.57. The summed E-state index contributed by atoms with van der Waals surface area (Å²) in [4.78, 5) is 12.4. The normalized spacial score (nSPS) is 10.3. The van der Waals surface area contributed by atoms with E-state index in [4.69, 9.17) is 16.3 Å². The van der Waals surface area contributed by atoms with Crippen molar-refractivity contribution in [2.45, 2.75) is 13.5 Å². The molecule has 0 aliphatic heterocycles. The third kappa shape index (κ3) is 3.99. The molecule has 21 heavy (non-hydrogen) atoms. The number of hydrogen-bond acceptors (Lipinski definition) is 2. The largest absolute Gasteiger partial charge is 0.496 e. The van der Waals surface area contributed by atoms with Crippen LogP contribution in [0.3, 0.4) is 0 Å². The Kier molecular flexibility index (Phi) is 5.26. The fourth-order valence-electron chi connectivity index (χ4n) is 2.04. The van der Waals surface area contributed by atoms with Crippen molar-refractivity contribution in [2.75, 3.05) is 7.11 Å². The van der Waals surface area contributed by atoms with Gasteiger partial charge in [-0.05, 0) is 42.3 Å². The molecule has 0 spiro atoms. The van der Waals surface area contributed by atoms with Gasteiger partial charge in [0, 0.05) is 16.0 Å². The van der Waals surface area contributed by atoms with Crippen LogP contribution in [-0.4, -0.2) is 13.0 Å². The highest BCUT2D eigenvalue weighted by molar-refractivity contribution is 9.10. The molecular weight excluding hydrogens is 354 g/mol. The molecular formula is C16H15BrClNO2. The third-order valence-corrected chi connectivity index (χ3v) is 3.79. The van der Waals surface area contributed by atoms with Crippen LogP contribution in [0.25, 0.3) is 0 Å². The molecule has 0 bridgehead atoms. The van der Waals surface area contributed by atoms with Crippen molar-refractivity contribution in [2.24, 2.45) is 0 Å². The Morgan fingerprint density at radius 1 is 1.29 bits per heavy atom. The number of carbonyl (C=O) groups excluding carboxylic acids is 1. The number of methoxy groups -OCH3 is 1. The van der Waals surface area contributed by atoms with E-state index >= 15 is 0 Å². The summed E-state index contributed by atoms with van der Waals surface area (Å²) in [6, 6.07) is 11.0. The van der Waals surface area contributed by atoms with Gasteiger partial charge in [-0.2, -0.15) is 0 Å². The van der Waals surface area contributed by atoms with Crippen molar-refractivity contribution >= 4 is 33.4 Å². The van der Waals surface area contributed by atoms with Crippen LogP contribution in [0.15, 0.2) is 40.9 Å². The van der Waals surface area contributed by atoms with Gasteiger partial charge in [-0.15, -0.1) is 0 Å². The summed E-state index contributed by atoms with van der Waals surface area (Å²) >= 11 is 9.23. The Morgan fingerprint density at radius 3 is 2.57 bits per heavy atom. The molecule has 0 fully saturated rings. The van der Waals surface area contributed by atoms with Gasteiger partial charge >= 0.3 is 0 Å². The van der Waals surface area contributed by atoms with Crippen LogP contribution in [0, 0.1) is 6.92 Å². The molecule has 0 heterocycles. The number of hydrogen-bond donors (Lipinski definition) is 1. The van der Waals surface area contributed by atoms with Gasteiger partial charge in [0.15, 0.2) is 0 Å². The highest BCUT2D eigenvalue weighted by Crippen LogP contribution is 2.27. The predicted molar refractivity (Wildman–Crippen MR) is 88.1 cm³/mol. The first-order chi connectivity index (χ1) is 10.0. The van der Waals surface area contributed by atoms with Crippen molar-refractivity contribution in [1.82, 2.24) is 5.32 Å². The van der Waals surface area contributed by atoms with Gasteiger partial charge in [0.05, 0.1) is 12.7 Å². The van der Waals surface area contributed by atoms with Gasteiger partial charge in [-0.3, -0.25) is 4.79 Å². The van der Waals surface area contributed by atoms with E-state index in [9.17, 15) is 4.79 Å². The highest BCUT2D eigenvalue weighted by Gasteiger charge is 2.16. The first kappa shape index (κ1) is 15.9. The van der Waals surface area contributed by atoms with Crippen LogP contribution in [0.5, 0.6) is 5.75 Å². The monoisotopic (exact) mass is 367 g/mol. The van der Waals surface area contributed by atoms with Crippen LogP contribution in [0.2, 0.25) is 5.02 Å². The molecule has 1 N–H and O–H groups in total. The van der Waals surface area contributed by atoms with E-state index in [0.717, 1.165) is 15.6 Å². The molecule has 3 nitrogen and oxygen atoms in total. The number of halogens is 2. The second kappa shape index (κ2) is 6.96. The Labute approximate surface area is 137 Å². The molecule has 2 aromatic carbocycles. The minimum atomic E-state index is -0.160. The van der Waals surface area contributed by atoms with E-state index in [0.29, 0.717) is 22.9 Å². The lowest BCUT2D eigenvalue weighted by Gasteiger charge is -2.12. The number of ether oxygens (including phenoxy) is 1. The maximum absolute atomic E-state index is 12.4. The molecule has 0 radical (unpaired) electrons. The maximum atomic E-state index is 12.4. The van der Waals surface area contributed by atoms with E-state index in [-0.39, 0.29) is 5.91 Å². The summed E-state index contributed by atoms with van der Waals surface area (Å²) in [7, 11) is 1.55. The average molecular weight is 369 g/mol. The SMILES string of the molecule is COc1cc(Br)cc(C)c1C(=O)NCc1ccc(Cl)cc1. The lowest BCUT2D eigenvalue weighted by Crippen LogP contribution is -2.24. The smallest absolute Gasteiger partial charge is 0.255 e.